The minimum Gasteiger partial charge on any atom is -0.460 e. The van der Waals surface area contributed by atoms with Crippen LogP contribution in [0.3, 0.4) is 0 Å². The Kier molecular flexibility index (Phi) is 6.62. The van der Waals surface area contributed by atoms with E-state index >= 15 is 0 Å². The molecule has 1 amide bonds. The van der Waals surface area contributed by atoms with Crippen LogP contribution in [0.4, 0.5) is 0 Å². The number of carbonyl (C=O) groups excluding carboxylic acids is 2. The van der Waals surface area contributed by atoms with E-state index in [1.807, 2.05) is 30.5 Å². The standard InChI is InChI=1S/C19H22N2O4S2/c1-12-16(18(23)25-10-9-24-2)17(13-4-6-14(26-3)7-5-13)21-15(22)8-11-27-19(21)20-12/h4-7,17H,8-11H2,1-3H3/t17-/m0/s1. The summed E-state index contributed by atoms with van der Waals surface area (Å²) in [5.74, 6) is 0.212. The minimum absolute atomic E-state index is 0.0267. The van der Waals surface area contributed by atoms with Crippen LogP contribution in [0.5, 0.6) is 0 Å². The van der Waals surface area contributed by atoms with Crippen LogP contribution in [-0.4, -0.2) is 54.3 Å². The topological polar surface area (TPSA) is 68.2 Å². The second kappa shape index (κ2) is 8.95. The van der Waals surface area contributed by atoms with Crippen LogP contribution in [0, 0.1) is 0 Å². The van der Waals surface area contributed by atoms with E-state index in [-0.39, 0.29) is 12.5 Å². The first-order valence-electron chi connectivity index (χ1n) is 8.61. The lowest BCUT2D eigenvalue weighted by molar-refractivity contribution is -0.141. The summed E-state index contributed by atoms with van der Waals surface area (Å²) in [6.07, 6.45) is 2.43. The highest BCUT2D eigenvalue weighted by molar-refractivity contribution is 8.14. The molecule has 0 unspecified atom stereocenters. The zero-order valence-electron chi connectivity index (χ0n) is 15.6. The van der Waals surface area contributed by atoms with E-state index in [1.54, 1.807) is 42.5 Å². The van der Waals surface area contributed by atoms with Gasteiger partial charge in [-0.3, -0.25) is 9.69 Å². The van der Waals surface area contributed by atoms with Crippen LogP contribution in [0.25, 0.3) is 0 Å². The maximum atomic E-state index is 12.8. The Morgan fingerprint density at radius 3 is 2.74 bits per heavy atom. The van der Waals surface area contributed by atoms with Crippen molar-refractivity contribution in [2.75, 3.05) is 32.3 Å². The molecule has 2 aliphatic rings. The number of ether oxygens (including phenoxy) is 2. The van der Waals surface area contributed by atoms with Crippen molar-refractivity contribution in [2.45, 2.75) is 24.3 Å². The number of amidine groups is 1. The van der Waals surface area contributed by atoms with Gasteiger partial charge in [-0.25, -0.2) is 9.79 Å². The Balaban J connectivity index is 2.03. The summed E-state index contributed by atoms with van der Waals surface area (Å²) in [7, 11) is 1.55. The number of allylic oxidation sites excluding steroid dienone is 1. The van der Waals surface area contributed by atoms with Gasteiger partial charge in [-0.15, -0.1) is 11.8 Å². The van der Waals surface area contributed by atoms with Crippen LogP contribution in [-0.2, 0) is 19.1 Å². The Morgan fingerprint density at radius 1 is 1.33 bits per heavy atom. The molecule has 6 nitrogen and oxygen atoms in total. The van der Waals surface area contributed by atoms with E-state index in [9.17, 15) is 9.59 Å². The minimum atomic E-state index is -0.524. The van der Waals surface area contributed by atoms with E-state index in [2.05, 4.69) is 4.99 Å². The molecule has 144 valence electrons. The van der Waals surface area contributed by atoms with Crippen molar-refractivity contribution in [1.29, 1.82) is 0 Å². The van der Waals surface area contributed by atoms with E-state index in [1.165, 1.54) is 0 Å². The van der Waals surface area contributed by atoms with Gasteiger partial charge in [-0.2, -0.15) is 0 Å². The third-order valence-electron chi connectivity index (χ3n) is 4.38. The molecular formula is C19H22N2O4S2. The smallest absolute Gasteiger partial charge is 0.338 e. The second-order valence-corrected chi connectivity index (χ2v) is 8.00. The van der Waals surface area contributed by atoms with Gasteiger partial charge in [0.15, 0.2) is 5.17 Å². The number of fused-ring (bicyclic) bond motifs is 1. The first-order valence-corrected chi connectivity index (χ1v) is 10.8. The highest BCUT2D eigenvalue weighted by Crippen LogP contribution is 2.40. The molecule has 2 aliphatic heterocycles. The van der Waals surface area contributed by atoms with Crippen LogP contribution < -0.4 is 0 Å². The van der Waals surface area contributed by atoms with Crippen molar-refractivity contribution in [3.63, 3.8) is 0 Å². The molecule has 1 fully saturated rings. The molecule has 27 heavy (non-hydrogen) atoms. The lowest BCUT2D eigenvalue weighted by Crippen LogP contribution is -2.45. The predicted octanol–water partition coefficient (Wildman–Crippen LogP) is 3.25. The summed E-state index contributed by atoms with van der Waals surface area (Å²) in [5.41, 5.74) is 1.86. The third-order valence-corrected chi connectivity index (χ3v) is 6.08. The third kappa shape index (κ3) is 4.23. The lowest BCUT2D eigenvalue weighted by Gasteiger charge is -2.38. The molecule has 0 radical (unpaired) electrons. The van der Waals surface area contributed by atoms with Gasteiger partial charge in [-0.1, -0.05) is 23.9 Å². The largest absolute Gasteiger partial charge is 0.460 e. The molecule has 8 heteroatoms. The summed E-state index contributed by atoms with van der Waals surface area (Å²) in [4.78, 5) is 32.8. The highest BCUT2D eigenvalue weighted by atomic mass is 32.2. The van der Waals surface area contributed by atoms with Gasteiger partial charge in [0, 0.05) is 24.2 Å². The number of esters is 1. The molecule has 2 heterocycles. The average Bonchev–Trinajstić information content (AvgIpc) is 2.67. The van der Waals surface area contributed by atoms with Gasteiger partial charge < -0.3 is 9.47 Å². The first-order chi connectivity index (χ1) is 13.1. The number of rotatable bonds is 6. The molecule has 0 aromatic heterocycles. The van der Waals surface area contributed by atoms with Gasteiger partial charge in [0.1, 0.15) is 6.61 Å². The summed E-state index contributed by atoms with van der Waals surface area (Å²) in [6.45, 7) is 2.27. The quantitative estimate of drug-likeness (QED) is 0.410. The first kappa shape index (κ1) is 20.0. The molecule has 0 saturated carbocycles. The van der Waals surface area contributed by atoms with Crippen molar-refractivity contribution in [3.8, 4) is 0 Å². The Labute approximate surface area is 167 Å². The zero-order chi connectivity index (χ0) is 19.4. The number of benzene rings is 1. The van der Waals surface area contributed by atoms with Gasteiger partial charge in [0.2, 0.25) is 5.91 Å². The van der Waals surface area contributed by atoms with Crippen LogP contribution >= 0.6 is 23.5 Å². The summed E-state index contributed by atoms with van der Waals surface area (Å²) >= 11 is 3.18. The fourth-order valence-corrected chi connectivity index (χ4v) is 4.47. The molecule has 0 spiro atoms. The van der Waals surface area contributed by atoms with E-state index in [4.69, 9.17) is 9.47 Å². The molecule has 1 aromatic rings. The maximum absolute atomic E-state index is 12.8. The number of hydrogen-bond donors (Lipinski definition) is 0. The lowest BCUT2D eigenvalue weighted by atomic mass is 9.94. The molecule has 1 atom stereocenters. The van der Waals surface area contributed by atoms with Gasteiger partial charge >= 0.3 is 5.97 Å². The SMILES string of the molecule is COCCOC(=O)C1=C(C)N=C2SCCC(=O)N2[C@H]1c1ccc(SC)cc1. The van der Waals surface area contributed by atoms with Gasteiger partial charge in [-0.05, 0) is 30.9 Å². The van der Waals surface area contributed by atoms with Gasteiger partial charge in [0.05, 0.1) is 23.9 Å². The van der Waals surface area contributed by atoms with Crippen molar-refractivity contribution in [3.05, 3.63) is 41.1 Å². The monoisotopic (exact) mass is 406 g/mol. The predicted molar refractivity (Wildman–Crippen MR) is 108 cm³/mol. The number of carbonyl (C=O) groups is 2. The molecule has 3 rings (SSSR count). The molecule has 1 aromatic carbocycles. The van der Waals surface area contributed by atoms with Crippen LogP contribution in [0.2, 0.25) is 0 Å². The Morgan fingerprint density at radius 2 is 2.07 bits per heavy atom. The summed E-state index contributed by atoms with van der Waals surface area (Å²) in [6, 6.07) is 7.39. The fraction of sp³-hybridized carbons (Fsp3) is 0.421. The molecule has 0 aliphatic carbocycles. The number of thioether (sulfide) groups is 2. The maximum Gasteiger partial charge on any atom is 0.338 e. The van der Waals surface area contributed by atoms with Crippen molar-refractivity contribution < 1.29 is 19.1 Å². The zero-order valence-corrected chi connectivity index (χ0v) is 17.2. The van der Waals surface area contributed by atoms with Crippen molar-refractivity contribution >= 4 is 40.6 Å². The number of methoxy groups -OCH3 is 1. The highest BCUT2D eigenvalue weighted by Gasteiger charge is 2.41. The second-order valence-electron chi connectivity index (χ2n) is 6.06. The average molecular weight is 407 g/mol. The number of hydrogen-bond acceptors (Lipinski definition) is 7. The normalized spacial score (nSPS) is 19.7. The molecule has 1 saturated heterocycles. The Hall–Kier alpha value is -1.77. The van der Waals surface area contributed by atoms with Gasteiger partial charge in [0.25, 0.3) is 0 Å². The number of nitrogens with zero attached hydrogens (tertiary/aromatic N) is 2. The van der Waals surface area contributed by atoms with Crippen molar-refractivity contribution in [1.82, 2.24) is 4.90 Å². The number of amides is 1. The molecular weight excluding hydrogens is 384 g/mol. The van der Waals surface area contributed by atoms with E-state index in [0.29, 0.717) is 35.2 Å². The molecule has 0 bridgehead atoms. The molecule has 0 N–H and O–H groups in total. The Bertz CT molecular complexity index is 789. The van der Waals surface area contributed by atoms with Crippen LogP contribution in [0.1, 0.15) is 24.9 Å². The van der Waals surface area contributed by atoms with E-state index < -0.39 is 12.0 Å². The van der Waals surface area contributed by atoms with Crippen LogP contribution in [0.15, 0.2) is 45.4 Å². The summed E-state index contributed by atoms with van der Waals surface area (Å²) < 4.78 is 10.3. The summed E-state index contributed by atoms with van der Waals surface area (Å²) in [5, 5.41) is 0.649. The van der Waals surface area contributed by atoms with Crippen molar-refractivity contribution in [2.24, 2.45) is 4.99 Å². The number of aliphatic imine (C=N–C) groups is 1. The van der Waals surface area contributed by atoms with E-state index in [0.717, 1.165) is 10.5 Å². The fourth-order valence-electron chi connectivity index (χ4n) is 3.05.